The predicted octanol–water partition coefficient (Wildman–Crippen LogP) is 4.28. The summed E-state index contributed by atoms with van der Waals surface area (Å²) >= 11 is 0. The highest BCUT2D eigenvalue weighted by Crippen LogP contribution is 2.26. The van der Waals surface area contributed by atoms with Gasteiger partial charge in [0.15, 0.2) is 0 Å². The summed E-state index contributed by atoms with van der Waals surface area (Å²) in [5.74, 6) is -1.18. The molecule has 0 aliphatic heterocycles. The predicted molar refractivity (Wildman–Crippen MR) is 63.3 cm³/mol. The minimum Gasteiger partial charge on any atom is -0.488 e. The molecule has 1 nitrogen and oxygen atoms in total. The third-order valence-electron chi connectivity index (χ3n) is 2.45. The summed E-state index contributed by atoms with van der Waals surface area (Å²) in [4.78, 5) is 0. The van der Waals surface area contributed by atoms with Crippen LogP contribution in [0.25, 0.3) is 11.1 Å². The number of ether oxygens (including phenoxy) is 1. The molecule has 0 aliphatic rings. The van der Waals surface area contributed by atoms with Gasteiger partial charge >= 0.3 is 0 Å². The zero-order valence-corrected chi connectivity index (χ0v) is 9.75. The maximum Gasteiger partial charge on any atom is 0.272 e. The minimum atomic E-state index is -2.58. The Balaban J connectivity index is 2.27. The van der Waals surface area contributed by atoms with Gasteiger partial charge in [-0.05, 0) is 29.8 Å². The van der Waals surface area contributed by atoms with E-state index in [4.69, 9.17) is 4.74 Å². The van der Waals surface area contributed by atoms with Crippen molar-refractivity contribution in [2.75, 3.05) is 6.61 Å². The van der Waals surface area contributed by atoms with Gasteiger partial charge in [-0.25, -0.2) is 17.6 Å². The maximum atomic E-state index is 13.6. The maximum absolute atomic E-state index is 13.6. The number of rotatable bonds is 4. The molecule has 0 fully saturated rings. The Morgan fingerprint density at radius 2 is 1.79 bits per heavy atom. The van der Waals surface area contributed by atoms with E-state index in [9.17, 15) is 17.6 Å². The van der Waals surface area contributed by atoms with Crippen LogP contribution in [0.4, 0.5) is 17.6 Å². The van der Waals surface area contributed by atoms with Crippen LogP contribution in [0.15, 0.2) is 42.5 Å². The molecule has 0 unspecified atom stereocenters. The van der Waals surface area contributed by atoms with Crippen LogP contribution < -0.4 is 4.74 Å². The fourth-order valence-electron chi connectivity index (χ4n) is 1.64. The lowest BCUT2D eigenvalue weighted by Gasteiger charge is -2.08. The number of alkyl halides is 2. The van der Waals surface area contributed by atoms with Crippen molar-refractivity contribution in [2.24, 2.45) is 0 Å². The number of benzene rings is 2. The zero-order valence-electron chi connectivity index (χ0n) is 9.75. The highest BCUT2D eigenvalue weighted by Gasteiger charge is 2.08. The first-order valence-electron chi connectivity index (χ1n) is 5.52. The molecule has 0 N–H and O–H groups in total. The summed E-state index contributed by atoms with van der Waals surface area (Å²) in [5, 5.41) is 0. The standard InChI is InChI=1S/C14H10F4O/c15-10-4-5-12(13(16)7-10)9-2-1-3-11(6-9)19-8-14(17)18/h1-7,14H,8H2. The molecule has 0 spiro atoms. The molecule has 0 radical (unpaired) electrons. The molecule has 0 saturated carbocycles. The van der Waals surface area contributed by atoms with Crippen LogP contribution in [-0.2, 0) is 0 Å². The Morgan fingerprint density at radius 1 is 1.00 bits per heavy atom. The van der Waals surface area contributed by atoms with Crippen LogP contribution in [0.3, 0.4) is 0 Å². The first kappa shape index (κ1) is 13.4. The summed E-state index contributed by atoms with van der Waals surface area (Å²) in [5.41, 5.74) is 0.619. The second-order valence-electron chi connectivity index (χ2n) is 3.85. The summed E-state index contributed by atoms with van der Waals surface area (Å²) in [7, 11) is 0. The number of halogens is 4. The molecule has 0 saturated heterocycles. The lowest BCUT2D eigenvalue weighted by atomic mass is 10.0. The van der Waals surface area contributed by atoms with Gasteiger partial charge in [-0.3, -0.25) is 0 Å². The first-order chi connectivity index (χ1) is 9.06. The van der Waals surface area contributed by atoms with Gasteiger partial charge in [-0.15, -0.1) is 0 Å². The van der Waals surface area contributed by atoms with Gasteiger partial charge in [0.1, 0.15) is 24.0 Å². The van der Waals surface area contributed by atoms with Crippen LogP contribution in [0, 0.1) is 11.6 Å². The Kier molecular flexibility index (Phi) is 4.04. The van der Waals surface area contributed by atoms with Gasteiger partial charge in [0.2, 0.25) is 0 Å². The van der Waals surface area contributed by atoms with E-state index in [1.807, 2.05) is 0 Å². The van der Waals surface area contributed by atoms with E-state index in [0.29, 0.717) is 5.56 Å². The molecule has 100 valence electrons. The SMILES string of the molecule is Fc1ccc(-c2cccc(OCC(F)F)c2)c(F)c1. The summed E-state index contributed by atoms with van der Waals surface area (Å²) in [6.07, 6.45) is -2.58. The second kappa shape index (κ2) is 5.73. The largest absolute Gasteiger partial charge is 0.488 e. The highest BCUT2D eigenvalue weighted by molar-refractivity contribution is 5.65. The minimum absolute atomic E-state index is 0.184. The van der Waals surface area contributed by atoms with Gasteiger partial charge in [0.25, 0.3) is 6.43 Å². The third-order valence-corrected chi connectivity index (χ3v) is 2.45. The molecule has 0 atom stereocenters. The van der Waals surface area contributed by atoms with E-state index in [1.165, 1.54) is 18.2 Å². The zero-order chi connectivity index (χ0) is 13.8. The molecular weight excluding hydrogens is 260 g/mol. The normalized spacial score (nSPS) is 10.8. The van der Waals surface area contributed by atoms with Crippen molar-refractivity contribution in [1.82, 2.24) is 0 Å². The quantitative estimate of drug-likeness (QED) is 0.754. The average Bonchev–Trinajstić information content (AvgIpc) is 2.36. The molecule has 0 amide bonds. The molecular formula is C14H10F4O. The van der Waals surface area contributed by atoms with Crippen molar-refractivity contribution < 1.29 is 22.3 Å². The van der Waals surface area contributed by atoms with Gasteiger partial charge < -0.3 is 4.74 Å². The first-order valence-corrected chi connectivity index (χ1v) is 5.52. The van der Waals surface area contributed by atoms with Gasteiger partial charge in [0, 0.05) is 11.6 Å². The van der Waals surface area contributed by atoms with Crippen molar-refractivity contribution in [3.05, 3.63) is 54.1 Å². The lowest BCUT2D eigenvalue weighted by Crippen LogP contribution is -2.06. The van der Waals surface area contributed by atoms with Crippen LogP contribution in [0.2, 0.25) is 0 Å². The summed E-state index contributed by atoms with van der Waals surface area (Å²) in [6, 6.07) is 9.25. The Hall–Kier alpha value is -2.04. The van der Waals surface area contributed by atoms with Gasteiger partial charge in [-0.1, -0.05) is 12.1 Å². The van der Waals surface area contributed by atoms with Crippen molar-refractivity contribution in [1.29, 1.82) is 0 Å². The van der Waals surface area contributed by atoms with E-state index in [2.05, 4.69) is 0 Å². The molecule has 0 aromatic heterocycles. The van der Waals surface area contributed by atoms with Crippen LogP contribution in [-0.4, -0.2) is 13.0 Å². The van der Waals surface area contributed by atoms with Crippen LogP contribution >= 0.6 is 0 Å². The van der Waals surface area contributed by atoms with Crippen molar-refractivity contribution >= 4 is 0 Å². The molecule has 19 heavy (non-hydrogen) atoms. The van der Waals surface area contributed by atoms with Crippen LogP contribution in [0.1, 0.15) is 0 Å². The van der Waals surface area contributed by atoms with Crippen LogP contribution in [0.5, 0.6) is 5.75 Å². The average molecular weight is 270 g/mol. The fourth-order valence-corrected chi connectivity index (χ4v) is 1.64. The van der Waals surface area contributed by atoms with Crippen molar-refractivity contribution in [2.45, 2.75) is 6.43 Å². The number of hydrogen-bond acceptors (Lipinski definition) is 1. The molecule has 5 heteroatoms. The summed E-state index contributed by atoms with van der Waals surface area (Å²) < 4.78 is 55.3. The van der Waals surface area contributed by atoms with E-state index in [-0.39, 0.29) is 11.3 Å². The third kappa shape index (κ3) is 3.47. The van der Waals surface area contributed by atoms with Crippen molar-refractivity contribution in [3.8, 4) is 16.9 Å². The molecule has 2 aromatic rings. The molecule has 0 heterocycles. The topological polar surface area (TPSA) is 9.23 Å². The van der Waals surface area contributed by atoms with Gasteiger partial charge in [0.05, 0.1) is 0 Å². The fraction of sp³-hybridized carbons (Fsp3) is 0.143. The Morgan fingerprint density at radius 3 is 2.47 bits per heavy atom. The molecule has 0 bridgehead atoms. The molecule has 2 rings (SSSR count). The van der Waals surface area contributed by atoms with Crippen molar-refractivity contribution in [3.63, 3.8) is 0 Å². The van der Waals surface area contributed by atoms with Gasteiger partial charge in [-0.2, -0.15) is 0 Å². The van der Waals surface area contributed by atoms with E-state index >= 15 is 0 Å². The molecule has 2 aromatic carbocycles. The smallest absolute Gasteiger partial charge is 0.272 e. The number of hydrogen-bond donors (Lipinski definition) is 0. The highest BCUT2D eigenvalue weighted by atomic mass is 19.3. The van der Waals surface area contributed by atoms with E-state index < -0.39 is 24.7 Å². The Labute approximate surface area is 107 Å². The second-order valence-corrected chi connectivity index (χ2v) is 3.85. The summed E-state index contributed by atoms with van der Waals surface area (Å²) in [6.45, 7) is -0.727. The monoisotopic (exact) mass is 270 g/mol. The molecule has 0 aliphatic carbocycles. The van der Waals surface area contributed by atoms with E-state index in [1.54, 1.807) is 12.1 Å². The lowest BCUT2D eigenvalue weighted by molar-refractivity contribution is 0.0819. The Bertz CT molecular complexity index is 569. The van der Waals surface area contributed by atoms with E-state index in [0.717, 1.165) is 12.1 Å².